The lowest BCUT2D eigenvalue weighted by molar-refractivity contribution is -0.141. The third kappa shape index (κ3) is 6.75. The van der Waals surface area contributed by atoms with Crippen molar-refractivity contribution >= 4 is 36.8 Å². The number of hydrogen-bond acceptors (Lipinski definition) is 6. The second-order valence-corrected chi connectivity index (χ2v) is 15.0. The summed E-state index contributed by atoms with van der Waals surface area (Å²) in [4.78, 5) is 28.5. The molecule has 0 saturated carbocycles. The maximum absolute atomic E-state index is 13.0. The number of aromatic nitrogens is 3. The van der Waals surface area contributed by atoms with Crippen LogP contribution >= 0.6 is 0 Å². The highest BCUT2D eigenvalue weighted by molar-refractivity contribution is 6.74. The maximum atomic E-state index is 13.0. The number of anilines is 1. The molecule has 0 fully saturated rings. The molecule has 37 heavy (non-hydrogen) atoms. The summed E-state index contributed by atoms with van der Waals surface area (Å²) in [5.41, 5.74) is -1.04. The molecule has 200 valence electrons. The van der Waals surface area contributed by atoms with E-state index in [1.807, 2.05) is 0 Å². The van der Waals surface area contributed by atoms with Crippen molar-refractivity contribution in [2.24, 2.45) is 0 Å². The first kappa shape index (κ1) is 28.3. The number of aryl methyl sites for hydroxylation is 1. The third-order valence-corrected chi connectivity index (χ3v) is 11.0. The van der Waals surface area contributed by atoms with Gasteiger partial charge in [-0.05, 0) is 48.8 Å². The van der Waals surface area contributed by atoms with Gasteiger partial charge in [0.25, 0.3) is 5.91 Å². The average Bonchev–Trinajstić information content (AvgIpc) is 3.21. The van der Waals surface area contributed by atoms with Crippen LogP contribution in [-0.2, 0) is 21.9 Å². The van der Waals surface area contributed by atoms with Crippen LogP contribution < -0.4 is 5.32 Å². The van der Waals surface area contributed by atoms with E-state index in [4.69, 9.17) is 9.16 Å². The number of carbonyl (C=O) groups is 2. The quantitative estimate of drug-likeness (QED) is 0.219. The van der Waals surface area contributed by atoms with E-state index in [1.54, 1.807) is 10.9 Å². The number of carbonyl (C=O) groups excluding carboxylic acids is 2. The molecule has 0 bridgehead atoms. The predicted octanol–water partition coefficient (Wildman–Crippen LogP) is 5.90. The lowest BCUT2D eigenvalue weighted by Crippen LogP contribution is -2.41. The number of amides is 1. The summed E-state index contributed by atoms with van der Waals surface area (Å²) in [5, 5.41) is 7.73. The van der Waals surface area contributed by atoms with Crippen LogP contribution in [0.4, 0.5) is 18.9 Å². The van der Waals surface area contributed by atoms with Crippen molar-refractivity contribution in [2.75, 3.05) is 19.0 Å². The van der Waals surface area contributed by atoms with Crippen LogP contribution in [0.25, 0.3) is 10.9 Å². The van der Waals surface area contributed by atoms with Crippen LogP contribution in [0.5, 0.6) is 0 Å². The number of nitrogens with zero attached hydrogens (tertiary/aromatic N) is 3. The first-order valence-corrected chi connectivity index (χ1v) is 14.6. The molecule has 0 aliphatic heterocycles. The van der Waals surface area contributed by atoms with Gasteiger partial charge in [0.05, 0.1) is 23.9 Å². The molecule has 1 amide bonds. The van der Waals surface area contributed by atoms with Crippen molar-refractivity contribution in [3.05, 3.63) is 53.5 Å². The number of rotatable bonds is 8. The van der Waals surface area contributed by atoms with Gasteiger partial charge < -0.3 is 14.5 Å². The van der Waals surface area contributed by atoms with Gasteiger partial charge in [-0.1, -0.05) is 26.8 Å². The van der Waals surface area contributed by atoms with Gasteiger partial charge in [-0.15, -0.1) is 0 Å². The molecule has 0 unspecified atom stereocenters. The Balaban J connectivity index is 1.81. The Morgan fingerprint density at radius 3 is 2.46 bits per heavy atom. The fourth-order valence-electron chi connectivity index (χ4n) is 3.30. The number of alkyl halides is 3. The zero-order chi connectivity index (χ0) is 27.6. The molecule has 3 aromatic rings. The number of halogens is 3. The number of hydrogen-bond donors (Lipinski definition) is 1. The van der Waals surface area contributed by atoms with Crippen LogP contribution in [0.1, 0.15) is 53.7 Å². The van der Waals surface area contributed by atoms with Crippen molar-refractivity contribution in [1.82, 2.24) is 14.8 Å². The van der Waals surface area contributed by atoms with Crippen molar-refractivity contribution in [1.29, 1.82) is 0 Å². The maximum Gasteiger partial charge on any atom is 0.433 e. The standard InChI is InChI=1S/C25H31F3N4O4Si/c1-24(2,3)37(5,6)36-12-8-11-32-15-16-13-20(17(23(34)35-4)14-19(16)31-32)30-22(33)18-9-7-10-21(29-18)25(26,27)28/h7,9-10,13-15H,8,11-12H2,1-6H3,(H,30,33). The minimum atomic E-state index is -4.70. The van der Waals surface area contributed by atoms with E-state index < -0.39 is 37.8 Å². The monoisotopic (exact) mass is 536 g/mol. The highest BCUT2D eigenvalue weighted by atomic mass is 28.4. The fraction of sp³-hybridized carbons (Fsp3) is 0.440. The van der Waals surface area contributed by atoms with Crippen LogP contribution in [0.2, 0.25) is 18.1 Å². The van der Waals surface area contributed by atoms with E-state index in [-0.39, 0.29) is 16.3 Å². The van der Waals surface area contributed by atoms with Gasteiger partial charge in [-0.3, -0.25) is 9.48 Å². The van der Waals surface area contributed by atoms with Gasteiger partial charge in [0, 0.05) is 24.7 Å². The van der Waals surface area contributed by atoms with Crippen LogP contribution in [0.15, 0.2) is 36.5 Å². The Morgan fingerprint density at radius 1 is 1.14 bits per heavy atom. The summed E-state index contributed by atoms with van der Waals surface area (Å²) >= 11 is 0. The molecule has 0 radical (unpaired) electrons. The lowest BCUT2D eigenvalue weighted by Gasteiger charge is -2.36. The lowest BCUT2D eigenvalue weighted by atomic mass is 10.1. The first-order valence-electron chi connectivity index (χ1n) is 11.7. The minimum absolute atomic E-state index is 0.0156. The molecule has 0 saturated heterocycles. The highest BCUT2D eigenvalue weighted by Gasteiger charge is 2.37. The van der Waals surface area contributed by atoms with E-state index >= 15 is 0 Å². The second-order valence-electron chi connectivity index (χ2n) is 10.2. The van der Waals surface area contributed by atoms with Gasteiger partial charge in [-0.2, -0.15) is 18.3 Å². The molecule has 0 atom stereocenters. The van der Waals surface area contributed by atoms with Gasteiger partial charge >= 0.3 is 12.1 Å². The normalized spacial score (nSPS) is 12.6. The largest absolute Gasteiger partial charge is 0.465 e. The van der Waals surface area contributed by atoms with Crippen LogP contribution in [0.3, 0.4) is 0 Å². The molecule has 1 aromatic carbocycles. The van der Waals surface area contributed by atoms with E-state index in [9.17, 15) is 22.8 Å². The molecule has 8 nitrogen and oxygen atoms in total. The molecular formula is C25H31F3N4O4Si. The van der Waals surface area contributed by atoms with Gasteiger partial charge in [0.1, 0.15) is 11.4 Å². The van der Waals surface area contributed by atoms with Gasteiger partial charge in [0.15, 0.2) is 8.32 Å². The Morgan fingerprint density at radius 2 is 1.84 bits per heavy atom. The van der Waals surface area contributed by atoms with Crippen molar-refractivity contribution in [2.45, 2.75) is 58.0 Å². The summed E-state index contributed by atoms with van der Waals surface area (Å²) in [5.74, 6) is -1.63. The van der Waals surface area contributed by atoms with E-state index in [2.05, 4.69) is 49.3 Å². The summed E-state index contributed by atoms with van der Waals surface area (Å²) in [6.07, 6.45) is -2.20. The number of nitrogens with one attached hydrogen (secondary N) is 1. The van der Waals surface area contributed by atoms with E-state index in [0.29, 0.717) is 24.1 Å². The summed E-state index contributed by atoms with van der Waals surface area (Å²) < 4.78 is 51.8. The minimum Gasteiger partial charge on any atom is -0.465 e. The first-order chi connectivity index (χ1) is 17.1. The molecule has 1 N–H and O–H groups in total. The highest BCUT2D eigenvalue weighted by Crippen LogP contribution is 2.36. The Labute approximate surface area is 214 Å². The van der Waals surface area contributed by atoms with Crippen molar-refractivity contribution in [3.8, 4) is 0 Å². The number of pyridine rings is 1. The summed E-state index contributed by atoms with van der Waals surface area (Å²) in [6.45, 7) is 12.1. The molecule has 2 heterocycles. The molecule has 0 aliphatic rings. The second kappa shape index (κ2) is 10.6. The summed E-state index contributed by atoms with van der Waals surface area (Å²) in [7, 11) is -0.665. The topological polar surface area (TPSA) is 95.3 Å². The Hall–Kier alpha value is -3.25. The van der Waals surface area contributed by atoms with Crippen molar-refractivity contribution < 1.29 is 31.9 Å². The number of esters is 1. The van der Waals surface area contributed by atoms with E-state index in [1.165, 1.54) is 19.2 Å². The number of benzene rings is 1. The zero-order valence-corrected chi connectivity index (χ0v) is 22.7. The number of fused-ring (bicyclic) bond motifs is 1. The van der Waals surface area contributed by atoms with E-state index in [0.717, 1.165) is 24.6 Å². The number of ether oxygens (including phenoxy) is 1. The summed E-state index contributed by atoms with van der Waals surface area (Å²) in [6, 6.07) is 6.02. The predicted molar refractivity (Wildman–Crippen MR) is 136 cm³/mol. The molecule has 0 aliphatic carbocycles. The molecule has 2 aromatic heterocycles. The Kier molecular flexibility index (Phi) is 8.13. The fourth-order valence-corrected chi connectivity index (χ4v) is 4.38. The average molecular weight is 537 g/mol. The number of methoxy groups -OCH3 is 1. The SMILES string of the molecule is COC(=O)c1cc2nn(CCCO[Si](C)(C)C(C)(C)C)cc2cc1NC(=O)c1cccc(C(F)(F)F)n1. The van der Waals surface area contributed by atoms with Gasteiger partial charge in [0.2, 0.25) is 0 Å². The molecular weight excluding hydrogens is 505 g/mol. The molecule has 12 heteroatoms. The smallest absolute Gasteiger partial charge is 0.433 e. The third-order valence-electron chi connectivity index (χ3n) is 6.42. The Bertz CT molecular complexity index is 1300. The molecule has 3 rings (SSSR count). The molecule has 0 spiro atoms. The van der Waals surface area contributed by atoms with Crippen molar-refractivity contribution in [3.63, 3.8) is 0 Å². The van der Waals surface area contributed by atoms with Crippen LogP contribution in [0, 0.1) is 0 Å². The van der Waals surface area contributed by atoms with Gasteiger partial charge in [-0.25, -0.2) is 9.78 Å². The zero-order valence-electron chi connectivity index (χ0n) is 21.7. The van der Waals surface area contributed by atoms with Crippen LogP contribution in [-0.4, -0.2) is 48.7 Å².